The summed E-state index contributed by atoms with van der Waals surface area (Å²) in [5, 5.41) is 9.99. The van der Waals surface area contributed by atoms with Crippen molar-refractivity contribution in [3.63, 3.8) is 0 Å². The van der Waals surface area contributed by atoms with E-state index in [4.69, 9.17) is 9.47 Å². The van der Waals surface area contributed by atoms with Gasteiger partial charge in [0.05, 0.1) is 0 Å². The van der Waals surface area contributed by atoms with Crippen molar-refractivity contribution < 1.29 is 24.2 Å². The van der Waals surface area contributed by atoms with Gasteiger partial charge in [-0.1, -0.05) is 172 Å². The number of hydrogen-bond acceptors (Lipinski definition) is 5. The number of hydrogen-bond donors (Lipinski definition) is 1. The highest BCUT2D eigenvalue weighted by Crippen LogP contribution is 2.14. The van der Waals surface area contributed by atoms with Crippen molar-refractivity contribution in [2.24, 2.45) is 0 Å². The number of esters is 2. The Labute approximate surface area is 285 Å². The Bertz CT molecular complexity index is 741. The van der Waals surface area contributed by atoms with Crippen LogP contribution in [0.15, 0.2) is 36.5 Å². The van der Waals surface area contributed by atoms with Crippen LogP contribution in [0.4, 0.5) is 0 Å². The first-order valence-corrected chi connectivity index (χ1v) is 19.5. The summed E-state index contributed by atoms with van der Waals surface area (Å²) in [4.78, 5) is 23.9. The maximum atomic E-state index is 11.9. The van der Waals surface area contributed by atoms with Gasteiger partial charge >= 0.3 is 11.9 Å². The number of carbonyl (C=O) groups excluding carboxylic acids is 2. The van der Waals surface area contributed by atoms with Crippen LogP contribution in [0.2, 0.25) is 0 Å². The first-order chi connectivity index (χ1) is 22.6. The summed E-state index contributed by atoms with van der Waals surface area (Å²) < 4.78 is 10.3. The highest BCUT2D eigenvalue weighted by molar-refractivity contribution is 5.69. The van der Waals surface area contributed by atoms with Crippen molar-refractivity contribution in [1.29, 1.82) is 0 Å². The standard InChI is InChI=1S/C41H74O5/c1-3-5-7-9-11-13-15-17-19-20-22-24-26-28-30-32-34-36-41(44)46-38-39(42)37-45-40(43)35-33-31-29-27-25-23-21-18-16-14-12-10-8-6-4-2/h17,19,22,24,28,30,39,42H,3-16,18,20-21,23,25-27,29,31-38H2,1-2H3/b19-17-,24-22-,30-28-/t39-/m1/s1. The third-order valence-corrected chi connectivity index (χ3v) is 8.38. The van der Waals surface area contributed by atoms with Crippen molar-refractivity contribution in [1.82, 2.24) is 0 Å². The molecule has 0 aromatic rings. The minimum absolute atomic E-state index is 0.129. The molecule has 0 unspecified atom stereocenters. The van der Waals surface area contributed by atoms with Gasteiger partial charge < -0.3 is 14.6 Å². The molecule has 1 N–H and O–H groups in total. The zero-order chi connectivity index (χ0) is 33.6. The molecule has 0 bridgehead atoms. The van der Waals surface area contributed by atoms with Gasteiger partial charge in [0.2, 0.25) is 0 Å². The van der Waals surface area contributed by atoms with Gasteiger partial charge in [-0.15, -0.1) is 0 Å². The van der Waals surface area contributed by atoms with Crippen LogP contribution in [-0.2, 0) is 19.1 Å². The lowest BCUT2D eigenvalue weighted by Gasteiger charge is -2.12. The van der Waals surface area contributed by atoms with Gasteiger partial charge in [0.1, 0.15) is 19.3 Å². The molecule has 0 heterocycles. The molecule has 0 aliphatic heterocycles. The van der Waals surface area contributed by atoms with Crippen molar-refractivity contribution in [3.05, 3.63) is 36.5 Å². The molecule has 0 aromatic heterocycles. The molecule has 0 saturated carbocycles. The molecule has 46 heavy (non-hydrogen) atoms. The number of ether oxygens (including phenoxy) is 2. The van der Waals surface area contributed by atoms with Crippen molar-refractivity contribution in [2.75, 3.05) is 13.2 Å². The highest BCUT2D eigenvalue weighted by atomic mass is 16.6. The molecular weight excluding hydrogens is 572 g/mol. The van der Waals surface area contributed by atoms with Crippen LogP contribution in [0.5, 0.6) is 0 Å². The molecule has 0 fully saturated rings. The van der Waals surface area contributed by atoms with Crippen LogP contribution in [0, 0.1) is 0 Å². The van der Waals surface area contributed by atoms with Crippen LogP contribution in [0.1, 0.15) is 194 Å². The van der Waals surface area contributed by atoms with E-state index in [-0.39, 0.29) is 25.2 Å². The predicted octanol–water partition coefficient (Wildman–Crippen LogP) is 12.1. The number of carbonyl (C=O) groups is 2. The van der Waals surface area contributed by atoms with E-state index < -0.39 is 6.10 Å². The summed E-state index contributed by atoms with van der Waals surface area (Å²) in [7, 11) is 0. The third kappa shape index (κ3) is 36.6. The van der Waals surface area contributed by atoms with Crippen LogP contribution < -0.4 is 0 Å². The van der Waals surface area contributed by atoms with Crippen molar-refractivity contribution in [2.45, 2.75) is 200 Å². The van der Waals surface area contributed by atoms with Crippen molar-refractivity contribution >= 4 is 11.9 Å². The molecule has 0 aliphatic rings. The summed E-state index contributed by atoms with van der Waals surface area (Å²) in [5.41, 5.74) is 0. The second-order valence-corrected chi connectivity index (χ2v) is 13.1. The number of aliphatic hydroxyl groups is 1. The number of unbranched alkanes of at least 4 members (excludes halogenated alkanes) is 21. The summed E-state index contributed by atoms with van der Waals surface area (Å²) in [5.74, 6) is -0.620. The second-order valence-electron chi connectivity index (χ2n) is 13.1. The number of rotatable bonds is 35. The third-order valence-electron chi connectivity index (χ3n) is 8.38. The van der Waals surface area contributed by atoms with Crippen molar-refractivity contribution in [3.8, 4) is 0 Å². The molecule has 0 rings (SSSR count). The van der Waals surface area contributed by atoms with Gasteiger partial charge in [0.25, 0.3) is 0 Å². The largest absolute Gasteiger partial charge is 0.463 e. The Morgan fingerprint density at radius 1 is 0.457 bits per heavy atom. The van der Waals surface area contributed by atoms with Crippen LogP contribution in [0.25, 0.3) is 0 Å². The zero-order valence-corrected chi connectivity index (χ0v) is 30.3. The molecule has 0 aromatic carbocycles. The van der Waals surface area contributed by atoms with E-state index in [2.05, 4.69) is 50.3 Å². The minimum atomic E-state index is -0.981. The molecular formula is C41H74O5. The molecule has 5 nitrogen and oxygen atoms in total. The maximum Gasteiger partial charge on any atom is 0.305 e. The van der Waals surface area contributed by atoms with Gasteiger partial charge in [-0.25, -0.2) is 0 Å². The average Bonchev–Trinajstić information content (AvgIpc) is 3.06. The van der Waals surface area contributed by atoms with Crippen LogP contribution in [-0.4, -0.2) is 36.4 Å². The minimum Gasteiger partial charge on any atom is -0.463 e. The quantitative estimate of drug-likeness (QED) is 0.0421. The lowest BCUT2D eigenvalue weighted by Crippen LogP contribution is -2.25. The summed E-state index contributed by atoms with van der Waals surface area (Å²) in [6.45, 7) is 4.25. The molecule has 0 saturated heterocycles. The summed E-state index contributed by atoms with van der Waals surface area (Å²) in [6, 6.07) is 0. The topological polar surface area (TPSA) is 72.8 Å². The summed E-state index contributed by atoms with van der Waals surface area (Å²) in [6.07, 6.45) is 44.9. The van der Waals surface area contributed by atoms with E-state index in [9.17, 15) is 14.7 Å². The number of allylic oxidation sites excluding steroid dienone is 6. The van der Waals surface area contributed by atoms with Crippen LogP contribution >= 0.6 is 0 Å². The SMILES string of the molecule is CCCCCCCC/C=C\C/C=C\C/C=C\CCCC(=O)OC[C@H](O)COC(=O)CCCCCCCCCCCCCCCCC. The number of aliphatic hydroxyl groups excluding tert-OH is 1. The molecule has 268 valence electrons. The lowest BCUT2D eigenvalue weighted by atomic mass is 10.0. The van der Waals surface area contributed by atoms with Gasteiger partial charge in [0, 0.05) is 12.8 Å². The lowest BCUT2D eigenvalue weighted by molar-refractivity contribution is -0.152. The summed E-state index contributed by atoms with van der Waals surface area (Å²) >= 11 is 0. The maximum absolute atomic E-state index is 11.9. The monoisotopic (exact) mass is 647 g/mol. The highest BCUT2D eigenvalue weighted by Gasteiger charge is 2.12. The molecule has 5 heteroatoms. The Morgan fingerprint density at radius 3 is 1.22 bits per heavy atom. The first-order valence-electron chi connectivity index (χ1n) is 19.5. The van der Waals surface area contributed by atoms with E-state index in [1.807, 2.05) is 0 Å². The Hall–Kier alpha value is -1.88. The molecule has 0 radical (unpaired) electrons. The van der Waals surface area contributed by atoms with Gasteiger partial charge in [0.15, 0.2) is 0 Å². The van der Waals surface area contributed by atoms with E-state index in [0.717, 1.165) is 38.5 Å². The molecule has 0 spiro atoms. The molecule has 0 aliphatic carbocycles. The molecule has 0 amide bonds. The fraction of sp³-hybridized carbons (Fsp3) is 0.805. The Balaban J connectivity index is 3.50. The van der Waals surface area contributed by atoms with E-state index in [1.54, 1.807) is 0 Å². The van der Waals surface area contributed by atoms with Gasteiger partial charge in [-0.3, -0.25) is 9.59 Å². The van der Waals surface area contributed by atoms with Crippen LogP contribution in [0.3, 0.4) is 0 Å². The predicted molar refractivity (Wildman–Crippen MR) is 196 cm³/mol. The zero-order valence-electron chi connectivity index (χ0n) is 30.3. The second kappa shape index (κ2) is 37.6. The van der Waals surface area contributed by atoms with E-state index in [1.165, 1.54) is 122 Å². The Kier molecular flexibility index (Phi) is 36.0. The van der Waals surface area contributed by atoms with Gasteiger partial charge in [-0.2, -0.15) is 0 Å². The fourth-order valence-electron chi connectivity index (χ4n) is 5.40. The van der Waals surface area contributed by atoms with Gasteiger partial charge in [-0.05, 0) is 44.9 Å². The average molecular weight is 647 g/mol. The van der Waals surface area contributed by atoms with E-state index in [0.29, 0.717) is 19.3 Å². The fourth-order valence-corrected chi connectivity index (χ4v) is 5.40. The van der Waals surface area contributed by atoms with E-state index >= 15 is 0 Å². The first kappa shape index (κ1) is 44.1. The normalized spacial score (nSPS) is 12.5. The Morgan fingerprint density at radius 2 is 0.783 bits per heavy atom. The smallest absolute Gasteiger partial charge is 0.305 e. The molecule has 1 atom stereocenters.